The second kappa shape index (κ2) is 5.10. The smallest absolute Gasteiger partial charge is 0.152 e. The van der Waals surface area contributed by atoms with Gasteiger partial charge in [0.25, 0.3) is 0 Å². The molecule has 0 radical (unpaired) electrons. The zero-order valence-corrected chi connectivity index (χ0v) is 13.3. The van der Waals surface area contributed by atoms with Gasteiger partial charge < -0.3 is 9.88 Å². The maximum atomic E-state index is 11.7. The van der Waals surface area contributed by atoms with Gasteiger partial charge in [0.2, 0.25) is 0 Å². The lowest BCUT2D eigenvalue weighted by Gasteiger charge is -2.23. The minimum absolute atomic E-state index is 0.215. The standard InChI is InChI=1S/C15H21N3O2S/c1-3-18-13-7-5-4-6-12(13)17-14(18)10-16-15(2)8-9-21(19,20)11-15/h4-7,16H,3,8-11H2,1-2H3. The van der Waals surface area contributed by atoms with Crippen LogP contribution in [0.1, 0.15) is 26.1 Å². The van der Waals surface area contributed by atoms with E-state index in [0.717, 1.165) is 23.4 Å². The monoisotopic (exact) mass is 307 g/mol. The number of nitrogens with zero attached hydrogens (tertiary/aromatic N) is 2. The zero-order valence-electron chi connectivity index (χ0n) is 12.5. The van der Waals surface area contributed by atoms with Gasteiger partial charge >= 0.3 is 0 Å². The van der Waals surface area contributed by atoms with E-state index in [-0.39, 0.29) is 17.0 Å². The summed E-state index contributed by atoms with van der Waals surface area (Å²) in [5.74, 6) is 1.46. The van der Waals surface area contributed by atoms with E-state index < -0.39 is 9.84 Å². The molecule has 114 valence electrons. The number of aromatic nitrogens is 2. The van der Waals surface area contributed by atoms with Gasteiger partial charge in [-0.3, -0.25) is 0 Å². The molecule has 0 aliphatic carbocycles. The average molecular weight is 307 g/mol. The Balaban J connectivity index is 1.83. The SMILES string of the molecule is CCn1c(CNC2(C)CCS(=O)(=O)C2)nc2ccccc21. The fourth-order valence-corrected chi connectivity index (χ4v) is 5.18. The van der Waals surface area contributed by atoms with E-state index in [1.165, 1.54) is 0 Å². The average Bonchev–Trinajstić information content (AvgIpc) is 2.93. The van der Waals surface area contributed by atoms with Crippen LogP contribution in [0.15, 0.2) is 24.3 Å². The summed E-state index contributed by atoms with van der Waals surface area (Å²) in [6.45, 7) is 5.52. The molecular formula is C15H21N3O2S. The van der Waals surface area contributed by atoms with Crippen LogP contribution in [0, 0.1) is 0 Å². The van der Waals surface area contributed by atoms with Crippen molar-refractivity contribution in [1.29, 1.82) is 0 Å². The molecule has 1 aromatic heterocycles. The van der Waals surface area contributed by atoms with Crippen molar-refractivity contribution in [3.05, 3.63) is 30.1 Å². The van der Waals surface area contributed by atoms with Crippen molar-refractivity contribution in [3.8, 4) is 0 Å². The van der Waals surface area contributed by atoms with Gasteiger partial charge in [0.05, 0.1) is 29.1 Å². The number of imidazole rings is 1. The highest BCUT2D eigenvalue weighted by molar-refractivity contribution is 7.91. The largest absolute Gasteiger partial charge is 0.327 e. The first-order valence-electron chi connectivity index (χ1n) is 7.32. The van der Waals surface area contributed by atoms with E-state index in [9.17, 15) is 8.42 Å². The third-order valence-corrected chi connectivity index (χ3v) is 6.13. The molecule has 6 heteroatoms. The molecule has 1 saturated heterocycles. The van der Waals surface area contributed by atoms with Crippen LogP contribution in [0.5, 0.6) is 0 Å². The van der Waals surface area contributed by atoms with Crippen LogP contribution in [0.25, 0.3) is 11.0 Å². The minimum atomic E-state index is -2.89. The van der Waals surface area contributed by atoms with Crippen molar-refractivity contribution >= 4 is 20.9 Å². The molecule has 2 aromatic rings. The maximum Gasteiger partial charge on any atom is 0.152 e. The second-order valence-corrected chi connectivity index (χ2v) is 8.20. The van der Waals surface area contributed by atoms with E-state index in [4.69, 9.17) is 0 Å². The number of hydrogen-bond donors (Lipinski definition) is 1. The lowest BCUT2D eigenvalue weighted by atomic mass is 10.0. The summed E-state index contributed by atoms with van der Waals surface area (Å²) < 4.78 is 25.5. The summed E-state index contributed by atoms with van der Waals surface area (Å²) in [6, 6.07) is 8.07. The number of rotatable bonds is 4. The number of hydrogen-bond acceptors (Lipinski definition) is 4. The Morgan fingerprint density at radius 2 is 2.14 bits per heavy atom. The number of fused-ring (bicyclic) bond motifs is 1. The van der Waals surface area contributed by atoms with Crippen LogP contribution in [0.4, 0.5) is 0 Å². The highest BCUT2D eigenvalue weighted by Gasteiger charge is 2.38. The van der Waals surface area contributed by atoms with Crippen molar-refractivity contribution in [2.75, 3.05) is 11.5 Å². The molecule has 1 aliphatic heterocycles. The van der Waals surface area contributed by atoms with Crippen LogP contribution >= 0.6 is 0 Å². The van der Waals surface area contributed by atoms with E-state index in [1.54, 1.807) is 0 Å². The molecule has 0 saturated carbocycles. The minimum Gasteiger partial charge on any atom is -0.327 e. The van der Waals surface area contributed by atoms with Crippen LogP contribution in [-0.2, 0) is 22.9 Å². The number of para-hydroxylation sites is 2. The van der Waals surface area contributed by atoms with Gasteiger partial charge in [-0.15, -0.1) is 0 Å². The van der Waals surface area contributed by atoms with Crippen molar-refractivity contribution in [1.82, 2.24) is 14.9 Å². The molecule has 1 N–H and O–H groups in total. The topological polar surface area (TPSA) is 64.0 Å². The van der Waals surface area contributed by atoms with E-state index in [0.29, 0.717) is 13.0 Å². The zero-order chi connectivity index (χ0) is 15.1. The molecule has 1 fully saturated rings. The summed E-state index contributed by atoms with van der Waals surface area (Å²) in [5, 5.41) is 3.40. The molecule has 1 atom stereocenters. The highest BCUT2D eigenvalue weighted by Crippen LogP contribution is 2.24. The summed E-state index contributed by atoms with van der Waals surface area (Å²) in [7, 11) is -2.89. The Hall–Kier alpha value is -1.40. The number of benzene rings is 1. The summed E-state index contributed by atoms with van der Waals surface area (Å²) >= 11 is 0. The quantitative estimate of drug-likeness (QED) is 0.934. The fourth-order valence-electron chi connectivity index (χ4n) is 3.06. The molecule has 0 amide bonds. The molecule has 1 aromatic carbocycles. The molecular weight excluding hydrogens is 286 g/mol. The van der Waals surface area contributed by atoms with Gasteiger partial charge in [-0.1, -0.05) is 12.1 Å². The van der Waals surface area contributed by atoms with Gasteiger partial charge in [-0.25, -0.2) is 13.4 Å². The Morgan fingerprint density at radius 3 is 2.81 bits per heavy atom. The molecule has 2 heterocycles. The molecule has 0 spiro atoms. The predicted octanol–water partition coefficient (Wildman–Crippen LogP) is 1.72. The Morgan fingerprint density at radius 1 is 1.38 bits per heavy atom. The molecule has 1 aliphatic rings. The third kappa shape index (κ3) is 2.82. The summed E-state index contributed by atoms with van der Waals surface area (Å²) in [6.07, 6.45) is 0.668. The Bertz CT molecular complexity index is 766. The predicted molar refractivity (Wildman–Crippen MR) is 83.9 cm³/mol. The second-order valence-electron chi connectivity index (χ2n) is 6.02. The molecule has 3 rings (SSSR count). The Labute approximate surface area is 125 Å². The summed E-state index contributed by atoms with van der Waals surface area (Å²) in [4.78, 5) is 4.66. The molecule has 21 heavy (non-hydrogen) atoms. The lowest BCUT2D eigenvalue weighted by molar-refractivity contribution is 0.386. The van der Waals surface area contributed by atoms with Crippen LogP contribution in [0.3, 0.4) is 0 Å². The number of aryl methyl sites for hydroxylation is 1. The van der Waals surface area contributed by atoms with Crippen LogP contribution in [0.2, 0.25) is 0 Å². The van der Waals surface area contributed by atoms with E-state index in [1.807, 2.05) is 25.1 Å². The maximum absolute atomic E-state index is 11.7. The van der Waals surface area contributed by atoms with Gasteiger partial charge in [0.1, 0.15) is 5.82 Å². The van der Waals surface area contributed by atoms with Crippen molar-refractivity contribution in [2.24, 2.45) is 0 Å². The molecule has 0 bridgehead atoms. The summed E-state index contributed by atoms with van der Waals surface area (Å²) in [5.41, 5.74) is 1.77. The Kier molecular flexibility index (Phi) is 3.53. The number of nitrogens with one attached hydrogen (secondary N) is 1. The van der Waals surface area contributed by atoms with Gasteiger partial charge in [0, 0.05) is 12.1 Å². The number of sulfone groups is 1. The van der Waals surface area contributed by atoms with Crippen molar-refractivity contribution in [3.63, 3.8) is 0 Å². The van der Waals surface area contributed by atoms with Crippen LogP contribution < -0.4 is 5.32 Å². The lowest BCUT2D eigenvalue weighted by Crippen LogP contribution is -2.43. The van der Waals surface area contributed by atoms with Crippen molar-refractivity contribution in [2.45, 2.75) is 38.9 Å². The fraction of sp³-hybridized carbons (Fsp3) is 0.533. The first-order valence-corrected chi connectivity index (χ1v) is 9.14. The van der Waals surface area contributed by atoms with Crippen molar-refractivity contribution < 1.29 is 8.42 Å². The highest BCUT2D eigenvalue weighted by atomic mass is 32.2. The van der Waals surface area contributed by atoms with Gasteiger partial charge in [-0.05, 0) is 32.4 Å². The first-order chi connectivity index (χ1) is 9.92. The normalized spacial score (nSPS) is 24.7. The van der Waals surface area contributed by atoms with E-state index in [2.05, 4.69) is 27.9 Å². The third-order valence-electron chi connectivity index (χ3n) is 4.23. The molecule has 1 unspecified atom stereocenters. The van der Waals surface area contributed by atoms with Gasteiger partial charge in [-0.2, -0.15) is 0 Å². The van der Waals surface area contributed by atoms with Gasteiger partial charge in [0.15, 0.2) is 9.84 Å². The first kappa shape index (κ1) is 14.5. The molecule has 5 nitrogen and oxygen atoms in total. The van der Waals surface area contributed by atoms with E-state index >= 15 is 0 Å². The van der Waals surface area contributed by atoms with Crippen LogP contribution in [-0.4, -0.2) is 35.0 Å².